The van der Waals surface area contributed by atoms with Crippen molar-refractivity contribution in [3.8, 4) is 5.75 Å². The van der Waals surface area contributed by atoms with Crippen molar-refractivity contribution in [2.24, 2.45) is 0 Å². The molecule has 2 aromatic heterocycles. The number of nitrogens with two attached hydrogens (primary N) is 1. The number of imidazole rings is 1. The normalized spacial score (nSPS) is 21.3. The molecule has 4 rings (SSSR count). The van der Waals surface area contributed by atoms with E-state index < -0.39 is 41.9 Å². The maximum atomic E-state index is 12.8. The van der Waals surface area contributed by atoms with E-state index in [2.05, 4.69) is 25.6 Å². The topological polar surface area (TPSA) is 187 Å². The van der Waals surface area contributed by atoms with Crippen LogP contribution >= 0.6 is 0 Å². The zero-order valence-electron chi connectivity index (χ0n) is 21.5. The number of nitrogens with one attached hydrogen (secondary N) is 2. The van der Waals surface area contributed by atoms with Crippen molar-refractivity contribution in [1.82, 2.24) is 30.2 Å². The van der Waals surface area contributed by atoms with E-state index in [1.54, 1.807) is 49.6 Å². The SMILES string of the molecule is CC(C)(C)OC(=O)NCCCOc1ccc(C(=O)N[C@@H]2C[C@H](O)[C@@H](n3cnc4c(N)ncnc43)[C@@H]2O)cc1. The van der Waals surface area contributed by atoms with Gasteiger partial charge in [-0.15, -0.1) is 0 Å². The maximum absolute atomic E-state index is 12.8. The molecule has 2 heterocycles. The molecule has 3 aromatic rings. The predicted octanol–water partition coefficient (Wildman–Crippen LogP) is 1.17. The molecule has 13 heteroatoms. The van der Waals surface area contributed by atoms with Crippen LogP contribution in [0.4, 0.5) is 10.6 Å². The van der Waals surface area contributed by atoms with Crippen LogP contribution in [0.3, 0.4) is 0 Å². The molecule has 0 bridgehead atoms. The summed E-state index contributed by atoms with van der Waals surface area (Å²) in [5.41, 5.74) is 6.43. The minimum Gasteiger partial charge on any atom is -0.494 e. The Hall–Kier alpha value is -3.97. The van der Waals surface area contributed by atoms with Gasteiger partial charge in [0.05, 0.1) is 37.2 Å². The summed E-state index contributed by atoms with van der Waals surface area (Å²) in [6.45, 7) is 6.16. The summed E-state index contributed by atoms with van der Waals surface area (Å²) in [4.78, 5) is 36.7. The van der Waals surface area contributed by atoms with E-state index >= 15 is 0 Å². The van der Waals surface area contributed by atoms with Gasteiger partial charge >= 0.3 is 6.09 Å². The van der Waals surface area contributed by atoms with Gasteiger partial charge in [-0.25, -0.2) is 19.7 Å². The van der Waals surface area contributed by atoms with Gasteiger partial charge in [0.25, 0.3) is 5.91 Å². The number of amides is 2. The molecule has 1 saturated carbocycles. The molecule has 0 spiro atoms. The Balaban J connectivity index is 1.27. The highest BCUT2D eigenvalue weighted by atomic mass is 16.6. The summed E-state index contributed by atoms with van der Waals surface area (Å²) >= 11 is 0. The first kappa shape index (κ1) is 27.1. The van der Waals surface area contributed by atoms with Crippen LogP contribution in [0, 0.1) is 0 Å². The van der Waals surface area contributed by atoms with E-state index in [-0.39, 0.29) is 12.2 Å². The lowest BCUT2D eigenvalue weighted by atomic mass is 10.1. The number of fused-ring (bicyclic) bond motifs is 1. The van der Waals surface area contributed by atoms with Crippen molar-refractivity contribution >= 4 is 29.0 Å². The van der Waals surface area contributed by atoms with E-state index in [4.69, 9.17) is 15.2 Å². The zero-order valence-corrected chi connectivity index (χ0v) is 21.5. The smallest absolute Gasteiger partial charge is 0.407 e. The second kappa shape index (κ2) is 11.2. The summed E-state index contributed by atoms with van der Waals surface area (Å²) in [5, 5.41) is 27.1. The fourth-order valence-electron chi connectivity index (χ4n) is 4.31. The molecule has 0 aliphatic heterocycles. The number of ether oxygens (including phenoxy) is 2. The van der Waals surface area contributed by atoms with Crippen molar-refractivity contribution < 1.29 is 29.3 Å². The van der Waals surface area contributed by atoms with Crippen LogP contribution in [0.5, 0.6) is 5.75 Å². The molecule has 1 aliphatic rings. The highest BCUT2D eigenvalue weighted by Crippen LogP contribution is 2.33. The number of nitrogen functional groups attached to an aromatic ring is 1. The summed E-state index contributed by atoms with van der Waals surface area (Å²) in [5.74, 6) is 0.381. The number of carbonyl (C=O) groups is 2. The van der Waals surface area contributed by atoms with Gasteiger partial charge < -0.3 is 40.6 Å². The van der Waals surface area contributed by atoms with Gasteiger partial charge in [0.15, 0.2) is 11.5 Å². The number of rotatable bonds is 8. The van der Waals surface area contributed by atoms with Gasteiger partial charge in [-0.2, -0.15) is 0 Å². The van der Waals surface area contributed by atoms with E-state index in [0.29, 0.717) is 42.0 Å². The second-order valence-corrected chi connectivity index (χ2v) is 10.1. The van der Waals surface area contributed by atoms with E-state index in [1.165, 1.54) is 12.7 Å². The first-order valence-corrected chi connectivity index (χ1v) is 12.3. The number of hydrogen-bond acceptors (Lipinski definition) is 10. The lowest BCUT2D eigenvalue weighted by Gasteiger charge is -2.22. The van der Waals surface area contributed by atoms with Crippen molar-refractivity contribution in [3.63, 3.8) is 0 Å². The number of anilines is 1. The first-order valence-electron chi connectivity index (χ1n) is 12.3. The first-order chi connectivity index (χ1) is 18.0. The van der Waals surface area contributed by atoms with Crippen LogP contribution in [0.1, 0.15) is 50.0 Å². The van der Waals surface area contributed by atoms with E-state index in [9.17, 15) is 19.8 Å². The molecule has 38 heavy (non-hydrogen) atoms. The summed E-state index contributed by atoms with van der Waals surface area (Å²) in [6, 6.07) is 5.11. The molecular weight excluding hydrogens is 494 g/mol. The van der Waals surface area contributed by atoms with Crippen molar-refractivity contribution in [1.29, 1.82) is 0 Å². The highest BCUT2D eigenvalue weighted by Gasteiger charge is 2.44. The lowest BCUT2D eigenvalue weighted by molar-refractivity contribution is 0.0525. The number of alkyl carbamates (subject to hydrolysis) is 1. The standard InChI is InChI=1S/C25H33N7O6/c1-25(2,3)38-24(36)27-9-4-10-37-15-7-5-14(6-8-15)23(35)31-16-11-17(33)19(20(16)34)32-13-30-18-21(26)28-12-29-22(18)32/h5-8,12-13,16-17,19-20,33-34H,4,9-11H2,1-3H3,(H,27,36)(H,31,35)(H2,26,28,29)/t16-,17+,19-,20-/m1/s1. The Morgan fingerprint density at radius 1 is 1.16 bits per heavy atom. The molecule has 0 saturated heterocycles. The zero-order chi connectivity index (χ0) is 27.4. The van der Waals surface area contributed by atoms with Gasteiger partial charge in [0.2, 0.25) is 0 Å². The average Bonchev–Trinajstić information content (AvgIpc) is 3.38. The van der Waals surface area contributed by atoms with Crippen LogP contribution in [0.15, 0.2) is 36.9 Å². The molecule has 1 fully saturated rings. The van der Waals surface area contributed by atoms with Crippen LogP contribution in [-0.4, -0.2) is 78.7 Å². The monoisotopic (exact) mass is 527 g/mol. The molecule has 2 amide bonds. The number of nitrogens with zero attached hydrogens (tertiary/aromatic N) is 4. The predicted molar refractivity (Wildman–Crippen MR) is 137 cm³/mol. The molecule has 0 unspecified atom stereocenters. The lowest BCUT2D eigenvalue weighted by Crippen LogP contribution is -2.42. The van der Waals surface area contributed by atoms with Gasteiger partial charge in [-0.3, -0.25) is 4.79 Å². The minimum absolute atomic E-state index is 0.149. The third kappa shape index (κ3) is 6.29. The van der Waals surface area contributed by atoms with Gasteiger partial charge in [-0.05, 0) is 57.9 Å². The Labute approximate surface area is 219 Å². The quantitative estimate of drug-likeness (QED) is 0.266. The van der Waals surface area contributed by atoms with Crippen LogP contribution in [-0.2, 0) is 4.74 Å². The third-order valence-corrected chi connectivity index (χ3v) is 6.05. The molecule has 13 nitrogen and oxygen atoms in total. The summed E-state index contributed by atoms with van der Waals surface area (Å²) < 4.78 is 12.4. The van der Waals surface area contributed by atoms with Gasteiger partial charge in [-0.1, -0.05) is 0 Å². The largest absolute Gasteiger partial charge is 0.494 e. The van der Waals surface area contributed by atoms with Gasteiger partial charge in [0, 0.05) is 12.1 Å². The number of aromatic nitrogens is 4. The second-order valence-electron chi connectivity index (χ2n) is 10.1. The average molecular weight is 528 g/mol. The van der Waals surface area contributed by atoms with Crippen LogP contribution in [0.25, 0.3) is 11.2 Å². The van der Waals surface area contributed by atoms with Crippen molar-refractivity contribution in [3.05, 3.63) is 42.5 Å². The number of hydrogen-bond donors (Lipinski definition) is 5. The fraction of sp³-hybridized carbons (Fsp3) is 0.480. The highest BCUT2D eigenvalue weighted by molar-refractivity contribution is 5.94. The maximum Gasteiger partial charge on any atom is 0.407 e. The van der Waals surface area contributed by atoms with Crippen LogP contribution < -0.4 is 21.1 Å². The summed E-state index contributed by atoms with van der Waals surface area (Å²) in [7, 11) is 0. The Morgan fingerprint density at radius 3 is 2.61 bits per heavy atom. The molecule has 4 atom stereocenters. The molecule has 0 radical (unpaired) electrons. The van der Waals surface area contributed by atoms with Crippen LogP contribution in [0.2, 0.25) is 0 Å². The molecule has 1 aromatic carbocycles. The number of aliphatic hydroxyl groups is 2. The molecular formula is C25H33N7O6. The third-order valence-electron chi connectivity index (χ3n) is 6.05. The fourth-order valence-corrected chi connectivity index (χ4v) is 4.31. The molecule has 204 valence electrons. The summed E-state index contributed by atoms with van der Waals surface area (Å²) in [6.07, 6.45) is 0.965. The van der Waals surface area contributed by atoms with E-state index in [1.807, 2.05) is 0 Å². The number of benzene rings is 1. The molecule has 1 aliphatic carbocycles. The number of aliphatic hydroxyl groups excluding tert-OH is 2. The minimum atomic E-state index is -1.08. The molecule has 6 N–H and O–H groups in total. The Kier molecular flexibility index (Phi) is 7.97. The van der Waals surface area contributed by atoms with Gasteiger partial charge in [0.1, 0.15) is 23.2 Å². The van der Waals surface area contributed by atoms with Crippen molar-refractivity contribution in [2.45, 2.75) is 63.5 Å². The number of carbonyl (C=O) groups excluding carboxylic acids is 2. The van der Waals surface area contributed by atoms with E-state index in [0.717, 1.165) is 0 Å². The Bertz CT molecular complexity index is 1270. The Morgan fingerprint density at radius 2 is 1.89 bits per heavy atom. The van der Waals surface area contributed by atoms with Crippen molar-refractivity contribution in [2.75, 3.05) is 18.9 Å².